The van der Waals surface area contributed by atoms with Crippen LogP contribution in [0.2, 0.25) is 10.3 Å². The molecule has 1 aromatic rings. The minimum Gasteiger partial charge on any atom is -0.598 e. The third-order valence-electron chi connectivity index (χ3n) is 2.20. The number of nitrogens with one attached hydrogen (secondary N) is 1. The lowest BCUT2D eigenvalue weighted by molar-refractivity contribution is 0.445. The first-order chi connectivity index (χ1) is 8.04. The molecule has 7 heteroatoms. The molecule has 0 saturated heterocycles. The predicted octanol–water partition coefficient (Wildman–Crippen LogP) is 3.07. The van der Waals surface area contributed by atoms with E-state index < -0.39 is 16.9 Å². The van der Waals surface area contributed by atoms with E-state index in [2.05, 4.69) is 14.7 Å². The zero-order chi connectivity index (χ0) is 14.1. The second-order valence-corrected chi connectivity index (χ2v) is 8.15. The van der Waals surface area contributed by atoms with Crippen LogP contribution in [0.15, 0.2) is 6.20 Å². The maximum atomic E-state index is 12.1. The Labute approximate surface area is 121 Å². The number of rotatable bonds is 3. The highest BCUT2D eigenvalue weighted by atomic mass is 35.5. The van der Waals surface area contributed by atoms with E-state index in [9.17, 15) is 4.55 Å². The van der Waals surface area contributed by atoms with Gasteiger partial charge in [-0.1, -0.05) is 23.2 Å². The van der Waals surface area contributed by atoms with Crippen LogP contribution in [0, 0.1) is 0 Å². The molecule has 0 amide bonds. The molecular formula is C11H17Cl2N3OS. The van der Waals surface area contributed by atoms with Crippen LogP contribution in [0.25, 0.3) is 0 Å². The van der Waals surface area contributed by atoms with Gasteiger partial charge in [0.1, 0.15) is 21.1 Å². The Balaban J connectivity index is 2.99. The van der Waals surface area contributed by atoms with Crippen molar-refractivity contribution in [1.29, 1.82) is 0 Å². The van der Waals surface area contributed by atoms with E-state index in [1.807, 2.05) is 34.6 Å². The highest BCUT2D eigenvalue weighted by Crippen LogP contribution is 2.28. The molecule has 1 heterocycles. The van der Waals surface area contributed by atoms with Crippen molar-refractivity contribution < 1.29 is 4.55 Å². The fourth-order valence-electron chi connectivity index (χ4n) is 1.20. The zero-order valence-electron chi connectivity index (χ0n) is 11.0. The maximum absolute atomic E-state index is 12.1. The van der Waals surface area contributed by atoms with Crippen molar-refractivity contribution >= 4 is 34.6 Å². The normalized spacial score (nSPS) is 14.7. The molecule has 0 fully saturated rings. The lowest BCUT2D eigenvalue weighted by atomic mass is 10.0. The van der Waals surface area contributed by atoms with Crippen molar-refractivity contribution in [3.05, 3.63) is 22.2 Å². The summed E-state index contributed by atoms with van der Waals surface area (Å²) in [6, 6.07) is 0. The van der Waals surface area contributed by atoms with Crippen molar-refractivity contribution in [2.75, 3.05) is 0 Å². The van der Waals surface area contributed by atoms with Gasteiger partial charge in [0.25, 0.3) is 0 Å². The Bertz CT molecular complexity index is 435. The summed E-state index contributed by atoms with van der Waals surface area (Å²) in [6.45, 7) is 9.37. The number of hydrogen-bond acceptors (Lipinski definition) is 4. The fourth-order valence-corrected chi connectivity index (χ4v) is 2.62. The molecule has 102 valence electrons. The van der Waals surface area contributed by atoms with Gasteiger partial charge in [0.15, 0.2) is 5.15 Å². The van der Waals surface area contributed by atoms with Crippen molar-refractivity contribution in [3.8, 4) is 0 Å². The average Bonchev–Trinajstić information content (AvgIpc) is 2.14. The van der Waals surface area contributed by atoms with E-state index in [0.717, 1.165) is 0 Å². The fraction of sp³-hybridized carbons (Fsp3) is 0.636. The SMILES string of the molecule is CC(C)(N[S+]([O-])C(C)(C)C)c1ncc(Cl)nc1Cl. The summed E-state index contributed by atoms with van der Waals surface area (Å²) in [5.41, 5.74) is -0.140. The highest BCUT2D eigenvalue weighted by molar-refractivity contribution is 7.90. The molecule has 0 aliphatic rings. The van der Waals surface area contributed by atoms with Gasteiger partial charge in [-0.25, -0.2) is 4.98 Å². The third-order valence-corrected chi connectivity index (χ3v) is 4.45. The van der Waals surface area contributed by atoms with Gasteiger partial charge < -0.3 is 4.55 Å². The molecule has 1 rings (SSSR count). The molecule has 0 radical (unpaired) electrons. The maximum Gasteiger partial charge on any atom is 0.154 e. The number of aromatic nitrogens is 2. The Morgan fingerprint density at radius 1 is 1.22 bits per heavy atom. The van der Waals surface area contributed by atoms with Crippen molar-refractivity contribution in [1.82, 2.24) is 14.7 Å². The van der Waals surface area contributed by atoms with E-state index in [1.165, 1.54) is 6.20 Å². The molecule has 0 spiro atoms. The summed E-state index contributed by atoms with van der Waals surface area (Å²) < 4.78 is 14.8. The summed E-state index contributed by atoms with van der Waals surface area (Å²) in [4.78, 5) is 8.10. The molecule has 0 aromatic carbocycles. The zero-order valence-corrected chi connectivity index (χ0v) is 13.4. The first-order valence-corrected chi connectivity index (χ1v) is 7.33. The minimum atomic E-state index is -1.23. The van der Waals surface area contributed by atoms with E-state index in [4.69, 9.17) is 23.2 Å². The van der Waals surface area contributed by atoms with Gasteiger partial charge in [0.05, 0.1) is 6.20 Å². The summed E-state index contributed by atoms with van der Waals surface area (Å²) in [6.07, 6.45) is 1.42. The van der Waals surface area contributed by atoms with Crippen LogP contribution in [0.4, 0.5) is 0 Å². The van der Waals surface area contributed by atoms with Crippen molar-refractivity contribution in [3.63, 3.8) is 0 Å². The van der Waals surface area contributed by atoms with E-state index in [0.29, 0.717) is 5.69 Å². The van der Waals surface area contributed by atoms with Gasteiger partial charge in [-0.3, -0.25) is 4.98 Å². The van der Waals surface area contributed by atoms with Crippen LogP contribution in [0.1, 0.15) is 40.3 Å². The summed E-state index contributed by atoms with van der Waals surface area (Å²) in [7, 11) is 0. The number of hydrogen-bond donors (Lipinski definition) is 1. The van der Waals surface area contributed by atoms with Crippen LogP contribution in [-0.4, -0.2) is 19.3 Å². The molecule has 1 unspecified atom stereocenters. The molecule has 0 aliphatic carbocycles. The molecule has 1 atom stereocenters. The van der Waals surface area contributed by atoms with Crippen LogP contribution < -0.4 is 4.72 Å². The molecule has 0 aliphatic heterocycles. The summed E-state index contributed by atoms with van der Waals surface area (Å²) in [5.74, 6) is 0. The largest absolute Gasteiger partial charge is 0.598 e. The van der Waals surface area contributed by atoms with Gasteiger partial charge in [-0.05, 0) is 34.6 Å². The predicted molar refractivity (Wildman–Crippen MR) is 76.1 cm³/mol. The van der Waals surface area contributed by atoms with Gasteiger partial charge in [-0.2, -0.15) is 0 Å². The average molecular weight is 310 g/mol. The quantitative estimate of drug-likeness (QED) is 0.872. The third kappa shape index (κ3) is 3.96. The van der Waals surface area contributed by atoms with Gasteiger partial charge in [0.2, 0.25) is 0 Å². The van der Waals surface area contributed by atoms with Crippen LogP contribution in [0.5, 0.6) is 0 Å². The first-order valence-electron chi connectivity index (χ1n) is 5.42. The Hall–Kier alpha value is -0.0700. The van der Waals surface area contributed by atoms with Crippen LogP contribution in [0.3, 0.4) is 0 Å². The number of halogens is 2. The highest BCUT2D eigenvalue weighted by Gasteiger charge is 2.36. The van der Waals surface area contributed by atoms with Crippen LogP contribution >= 0.6 is 23.2 Å². The second kappa shape index (κ2) is 5.51. The van der Waals surface area contributed by atoms with Crippen LogP contribution in [-0.2, 0) is 16.9 Å². The lowest BCUT2D eigenvalue weighted by Crippen LogP contribution is -2.48. The Morgan fingerprint density at radius 2 is 1.78 bits per heavy atom. The van der Waals surface area contributed by atoms with E-state index in [-0.39, 0.29) is 15.1 Å². The Morgan fingerprint density at radius 3 is 2.22 bits per heavy atom. The van der Waals surface area contributed by atoms with Gasteiger partial charge in [-0.15, -0.1) is 4.72 Å². The van der Waals surface area contributed by atoms with Crippen molar-refractivity contribution in [2.24, 2.45) is 0 Å². The molecule has 18 heavy (non-hydrogen) atoms. The molecule has 1 N–H and O–H groups in total. The van der Waals surface area contributed by atoms with Crippen molar-refractivity contribution in [2.45, 2.75) is 44.9 Å². The second-order valence-electron chi connectivity index (χ2n) is 5.44. The smallest absolute Gasteiger partial charge is 0.154 e. The van der Waals surface area contributed by atoms with E-state index >= 15 is 0 Å². The molecule has 4 nitrogen and oxygen atoms in total. The first kappa shape index (κ1) is 16.0. The number of nitrogens with zero attached hydrogens (tertiary/aromatic N) is 2. The van der Waals surface area contributed by atoms with Gasteiger partial charge in [0, 0.05) is 11.4 Å². The standard InChI is InChI=1S/C11H17Cl2N3OS/c1-10(2,3)18(17)16-11(4,5)8-9(13)15-7(12)6-14-8/h6,16H,1-5H3. The Kier molecular flexibility index (Phi) is 4.89. The summed E-state index contributed by atoms with van der Waals surface area (Å²) in [5, 5.41) is 0.447. The van der Waals surface area contributed by atoms with E-state index in [1.54, 1.807) is 0 Å². The minimum absolute atomic E-state index is 0.214. The molecular weight excluding hydrogens is 293 g/mol. The summed E-state index contributed by atoms with van der Waals surface area (Å²) >= 11 is 10.5. The monoisotopic (exact) mass is 309 g/mol. The van der Waals surface area contributed by atoms with Gasteiger partial charge >= 0.3 is 0 Å². The molecule has 1 aromatic heterocycles. The topological polar surface area (TPSA) is 60.9 Å². The lowest BCUT2D eigenvalue weighted by Gasteiger charge is -2.32. The molecule has 0 bridgehead atoms. The molecule has 0 saturated carbocycles.